The Balaban J connectivity index is 2.36. The number of carboxylic acid groups (broad SMARTS) is 1. The predicted molar refractivity (Wildman–Crippen MR) is 120 cm³/mol. The van der Waals surface area contributed by atoms with Gasteiger partial charge in [0.15, 0.2) is 5.78 Å². The Morgan fingerprint density at radius 1 is 1.29 bits per heavy atom. The Labute approximate surface area is 186 Å². The maximum Gasteiger partial charge on any atom is 0.325 e. The molecule has 2 amide bonds. The fraction of sp³-hybridized carbons (Fsp3) is 0.545. The van der Waals surface area contributed by atoms with Gasteiger partial charge in [0.05, 0.1) is 12.0 Å². The molecule has 0 saturated heterocycles. The van der Waals surface area contributed by atoms with E-state index in [9.17, 15) is 24.3 Å². The van der Waals surface area contributed by atoms with Crippen molar-refractivity contribution in [3.8, 4) is 0 Å². The molecule has 0 aliphatic heterocycles. The molecule has 1 aromatic carbocycles. The number of Topliss-reactive ketones (excluding diaryl/α,β-unsaturated/α-hetero) is 1. The first-order chi connectivity index (χ1) is 14.7. The van der Waals surface area contributed by atoms with Crippen LogP contribution in [0.4, 0.5) is 0 Å². The zero-order valence-electron chi connectivity index (χ0n) is 18.1. The van der Waals surface area contributed by atoms with Crippen LogP contribution in [0.5, 0.6) is 0 Å². The van der Waals surface area contributed by atoms with Crippen LogP contribution < -0.4 is 16.4 Å². The summed E-state index contributed by atoms with van der Waals surface area (Å²) >= 11 is 1.54. The van der Waals surface area contributed by atoms with Crippen molar-refractivity contribution in [2.24, 2.45) is 11.7 Å². The predicted octanol–water partition coefficient (Wildman–Crippen LogP) is 1.08. The number of thioether (sulfide) groups is 1. The van der Waals surface area contributed by atoms with E-state index in [1.807, 2.05) is 20.1 Å². The lowest BCUT2D eigenvalue weighted by atomic mass is 9.78. The number of rotatable bonds is 12. The highest BCUT2D eigenvalue weighted by atomic mass is 32.2. The molecule has 0 fully saturated rings. The lowest BCUT2D eigenvalue weighted by Crippen LogP contribution is -2.58. The smallest absolute Gasteiger partial charge is 0.325 e. The number of benzene rings is 1. The second kappa shape index (κ2) is 10.8. The van der Waals surface area contributed by atoms with Crippen LogP contribution in [0.25, 0.3) is 0 Å². The summed E-state index contributed by atoms with van der Waals surface area (Å²) in [6, 6.07) is 5.33. The molecular formula is C22H31N3O5S. The molecule has 0 aromatic heterocycles. The number of aliphatic carboxylic acids is 1. The van der Waals surface area contributed by atoms with Crippen molar-refractivity contribution in [2.45, 2.75) is 56.7 Å². The zero-order chi connectivity index (χ0) is 23.2. The van der Waals surface area contributed by atoms with Crippen LogP contribution in [-0.2, 0) is 25.6 Å². The topological polar surface area (TPSA) is 139 Å². The lowest BCUT2D eigenvalue weighted by molar-refractivity contribution is -0.146. The van der Waals surface area contributed by atoms with Gasteiger partial charge in [-0.3, -0.25) is 19.2 Å². The highest BCUT2D eigenvalue weighted by molar-refractivity contribution is 7.98. The summed E-state index contributed by atoms with van der Waals surface area (Å²) in [6.07, 6.45) is 3.14. The van der Waals surface area contributed by atoms with Crippen molar-refractivity contribution in [1.82, 2.24) is 10.6 Å². The lowest BCUT2D eigenvalue weighted by Gasteiger charge is -2.31. The second-order valence-electron chi connectivity index (χ2n) is 8.37. The summed E-state index contributed by atoms with van der Waals surface area (Å²) in [5.74, 6) is -2.50. The molecule has 5 N–H and O–H groups in total. The fourth-order valence-corrected chi connectivity index (χ4v) is 4.55. The third kappa shape index (κ3) is 5.65. The molecule has 2 rings (SSSR count). The van der Waals surface area contributed by atoms with Crippen molar-refractivity contribution < 1.29 is 24.3 Å². The second-order valence-corrected chi connectivity index (χ2v) is 9.35. The largest absolute Gasteiger partial charge is 0.480 e. The average Bonchev–Trinajstić information content (AvgIpc) is 3.02. The Hall–Kier alpha value is -2.39. The Kier molecular flexibility index (Phi) is 8.64. The summed E-state index contributed by atoms with van der Waals surface area (Å²) < 4.78 is 0. The highest BCUT2D eigenvalue weighted by Gasteiger charge is 2.53. The minimum Gasteiger partial charge on any atom is -0.480 e. The normalized spacial score (nSPS) is 21.8. The molecule has 4 unspecified atom stereocenters. The van der Waals surface area contributed by atoms with E-state index in [0.29, 0.717) is 30.6 Å². The van der Waals surface area contributed by atoms with Crippen LogP contribution in [0.3, 0.4) is 0 Å². The van der Waals surface area contributed by atoms with E-state index in [0.717, 1.165) is 5.56 Å². The van der Waals surface area contributed by atoms with Gasteiger partial charge in [-0.15, -0.1) is 0 Å². The summed E-state index contributed by atoms with van der Waals surface area (Å²) in [4.78, 5) is 49.5. The molecule has 31 heavy (non-hydrogen) atoms. The summed E-state index contributed by atoms with van der Waals surface area (Å²) in [5.41, 5.74) is 5.81. The van der Waals surface area contributed by atoms with E-state index >= 15 is 0 Å². The number of hydrogen-bond acceptors (Lipinski definition) is 6. The van der Waals surface area contributed by atoms with E-state index in [4.69, 9.17) is 5.73 Å². The number of carbonyl (C=O) groups is 4. The van der Waals surface area contributed by atoms with Gasteiger partial charge in [-0.2, -0.15) is 11.8 Å². The third-order valence-corrected chi connectivity index (χ3v) is 6.25. The van der Waals surface area contributed by atoms with Crippen LogP contribution in [0, 0.1) is 5.92 Å². The number of fused-ring (bicyclic) bond motifs is 1. The first-order valence-corrected chi connectivity index (χ1v) is 11.7. The van der Waals surface area contributed by atoms with Crippen LogP contribution in [-0.4, -0.2) is 58.8 Å². The maximum absolute atomic E-state index is 13.6. The molecule has 1 aliphatic rings. The number of carbonyl (C=O) groups excluding carboxylic acids is 3. The summed E-state index contributed by atoms with van der Waals surface area (Å²) in [6.45, 7) is 3.83. The van der Waals surface area contributed by atoms with E-state index < -0.39 is 41.2 Å². The van der Waals surface area contributed by atoms with Crippen LogP contribution in [0.2, 0.25) is 0 Å². The molecule has 1 aliphatic carbocycles. The molecule has 1 aromatic rings. The Bertz CT molecular complexity index is 831. The monoisotopic (exact) mass is 449 g/mol. The number of ketones is 1. The van der Waals surface area contributed by atoms with Gasteiger partial charge in [0.25, 0.3) is 0 Å². The molecule has 0 heterocycles. The maximum atomic E-state index is 13.6. The SMILES string of the molecule is CSCCC(NC=O)C(=O)NC(CC(C)C)C(=O)C1c2ccccc2CC1(N)C(=O)O. The van der Waals surface area contributed by atoms with Gasteiger partial charge in [0.2, 0.25) is 12.3 Å². The van der Waals surface area contributed by atoms with Crippen LogP contribution in [0.15, 0.2) is 24.3 Å². The van der Waals surface area contributed by atoms with Gasteiger partial charge in [0.1, 0.15) is 11.6 Å². The molecule has 0 spiro atoms. The number of hydrogen-bond donors (Lipinski definition) is 4. The van der Waals surface area contributed by atoms with Crippen LogP contribution >= 0.6 is 11.8 Å². The van der Waals surface area contributed by atoms with E-state index in [2.05, 4.69) is 10.6 Å². The van der Waals surface area contributed by atoms with E-state index in [1.54, 1.807) is 36.0 Å². The molecule has 0 radical (unpaired) electrons. The van der Waals surface area contributed by atoms with Gasteiger partial charge in [-0.1, -0.05) is 38.1 Å². The van der Waals surface area contributed by atoms with Gasteiger partial charge in [-0.05, 0) is 41.9 Å². The molecule has 0 bridgehead atoms. The zero-order valence-corrected chi connectivity index (χ0v) is 18.9. The Morgan fingerprint density at radius 3 is 2.55 bits per heavy atom. The highest BCUT2D eigenvalue weighted by Crippen LogP contribution is 2.41. The van der Waals surface area contributed by atoms with Crippen molar-refractivity contribution in [2.75, 3.05) is 12.0 Å². The first-order valence-electron chi connectivity index (χ1n) is 10.3. The number of nitrogens with two attached hydrogens (primary N) is 1. The molecule has 170 valence electrons. The molecule has 4 atom stereocenters. The third-order valence-electron chi connectivity index (χ3n) is 5.61. The molecule has 9 heteroatoms. The minimum atomic E-state index is -1.78. The minimum absolute atomic E-state index is 0.0420. The van der Waals surface area contributed by atoms with Gasteiger partial charge >= 0.3 is 5.97 Å². The van der Waals surface area contributed by atoms with E-state index in [1.165, 1.54) is 0 Å². The molecular weight excluding hydrogens is 418 g/mol. The van der Waals surface area contributed by atoms with Gasteiger partial charge in [-0.25, -0.2) is 0 Å². The van der Waals surface area contributed by atoms with Crippen molar-refractivity contribution in [1.29, 1.82) is 0 Å². The van der Waals surface area contributed by atoms with Gasteiger partial charge in [0, 0.05) is 6.42 Å². The van der Waals surface area contributed by atoms with Crippen molar-refractivity contribution in [3.63, 3.8) is 0 Å². The number of nitrogens with one attached hydrogen (secondary N) is 2. The van der Waals surface area contributed by atoms with Gasteiger partial charge < -0.3 is 21.5 Å². The van der Waals surface area contributed by atoms with Crippen LogP contribution in [0.1, 0.15) is 43.7 Å². The van der Waals surface area contributed by atoms with E-state index in [-0.39, 0.29) is 12.3 Å². The van der Waals surface area contributed by atoms with Crippen molar-refractivity contribution >= 4 is 35.8 Å². The standard InChI is InChI=1S/C22H31N3O5S/c1-13(2)10-17(25-20(28)16(24-12-26)8-9-31-3)19(27)18-15-7-5-4-6-14(15)11-22(18,23)21(29)30/h4-7,12-13,16-18H,8-11,23H2,1-3H3,(H,24,26)(H,25,28)(H,29,30). The summed E-state index contributed by atoms with van der Waals surface area (Å²) in [5, 5.41) is 15.1. The number of amides is 2. The molecule has 0 saturated carbocycles. The number of carboxylic acids is 1. The van der Waals surface area contributed by atoms with Crippen molar-refractivity contribution in [3.05, 3.63) is 35.4 Å². The Morgan fingerprint density at radius 2 is 1.97 bits per heavy atom. The fourth-order valence-electron chi connectivity index (χ4n) is 4.08. The summed E-state index contributed by atoms with van der Waals surface area (Å²) in [7, 11) is 0. The molecule has 8 nitrogen and oxygen atoms in total. The first kappa shape index (κ1) is 24.9. The quantitative estimate of drug-likeness (QED) is 0.350. The average molecular weight is 450 g/mol.